The number of alkyl halides is 1. The van der Waals surface area contributed by atoms with Gasteiger partial charge in [-0.25, -0.2) is 0 Å². The van der Waals surface area contributed by atoms with Crippen molar-refractivity contribution in [2.45, 2.75) is 88.7 Å². The summed E-state index contributed by atoms with van der Waals surface area (Å²) in [7, 11) is 0. The Morgan fingerprint density at radius 1 is 0.909 bits per heavy atom. The predicted octanol–water partition coefficient (Wildman–Crippen LogP) is 4.11. The molecule has 4 aliphatic carbocycles. The molecular formula is C19H31ClO2. The Labute approximate surface area is 139 Å². The van der Waals surface area contributed by atoms with Crippen molar-refractivity contribution in [3.63, 3.8) is 0 Å². The molecule has 3 heteroatoms. The molecule has 8 atom stereocenters. The summed E-state index contributed by atoms with van der Waals surface area (Å²) in [5.41, 5.74) is -0.378. The largest absolute Gasteiger partial charge is 0.393 e. The van der Waals surface area contributed by atoms with Gasteiger partial charge in [-0.3, -0.25) is 0 Å². The quantitative estimate of drug-likeness (QED) is 0.658. The average molecular weight is 327 g/mol. The number of fused-ring (bicyclic) bond motifs is 5. The zero-order chi connectivity index (χ0) is 15.8. The molecule has 126 valence electrons. The maximum absolute atomic E-state index is 11.4. The van der Waals surface area contributed by atoms with Crippen LogP contribution in [0.3, 0.4) is 0 Å². The molecule has 4 rings (SSSR count). The van der Waals surface area contributed by atoms with Gasteiger partial charge in [0.25, 0.3) is 0 Å². The van der Waals surface area contributed by atoms with E-state index in [1.165, 1.54) is 12.8 Å². The molecule has 0 bridgehead atoms. The van der Waals surface area contributed by atoms with E-state index in [1.54, 1.807) is 0 Å². The third-order valence-electron chi connectivity index (χ3n) is 8.70. The molecule has 0 radical (unpaired) electrons. The van der Waals surface area contributed by atoms with E-state index < -0.39 is 5.60 Å². The van der Waals surface area contributed by atoms with Crippen molar-refractivity contribution in [1.29, 1.82) is 0 Å². The van der Waals surface area contributed by atoms with Gasteiger partial charge in [0, 0.05) is 5.38 Å². The molecule has 0 aromatic rings. The Bertz CT molecular complexity index is 468. The standard InChI is InChI=1S/C19H31ClO2/c1-17-8-7-15-13(14(17)3-4-16(17)21)6-10-19(22)11-12(20)5-9-18(15,19)2/h12-16,21-22H,3-11H2,1-2H3/t12?,13?,14?,15?,16-,17?,18?,19?/m0/s1. The van der Waals surface area contributed by atoms with Gasteiger partial charge >= 0.3 is 0 Å². The molecule has 4 aliphatic rings. The van der Waals surface area contributed by atoms with Crippen molar-refractivity contribution in [2.24, 2.45) is 28.6 Å². The summed E-state index contributed by atoms with van der Waals surface area (Å²) >= 11 is 6.40. The van der Waals surface area contributed by atoms with Gasteiger partial charge in [0.05, 0.1) is 11.7 Å². The number of aliphatic hydroxyl groups is 2. The van der Waals surface area contributed by atoms with E-state index in [1.807, 2.05) is 0 Å². The first-order valence-corrected chi connectivity index (χ1v) is 9.78. The summed E-state index contributed by atoms with van der Waals surface area (Å²) in [4.78, 5) is 0. The smallest absolute Gasteiger partial charge is 0.0718 e. The monoisotopic (exact) mass is 326 g/mol. The second kappa shape index (κ2) is 4.86. The normalized spacial score (nSPS) is 61.2. The Morgan fingerprint density at radius 2 is 1.68 bits per heavy atom. The number of hydrogen-bond donors (Lipinski definition) is 2. The first kappa shape index (κ1) is 15.7. The van der Waals surface area contributed by atoms with Crippen LogP contribution in [0.1, 0.15) is 71.6 Å². The maximum atomic E-state index is 11.4. The van der Waals surface area contributed by atoms with Gasteiger partial charge in [-0.15, -0.1) is 11.6 Å². The Kier molecular flexibility index (Phi) is 3.47. The second-order valence-electron chi connectivity index (χ2n) is 9.34. The summed E-state index contributed by atoms with van der Waals surface area (Å²) in [5.74, 6) is 1.99. The van der Waals surface area contributed by atoms with Crippen LogP contribution in [0.25, 0.3) is 0 Å². The van der Waals surface area contributed by atoms with E-state index in [-0.39, 0.29) is 22.3 Å². The van der Waals surface area contributed by atoms with Gasteiger partial charge < -0.3 is 10.2 Å². The van der Waals surface area contributed by atoms with Crippen molar-refractivity contribution in [3.8, 4) is 0 Å². The van der Waals surface area contributed by atoms with Crippen molar-refractivity contribution in [3.05, 3.63) is 0 Å². The van der Waals surface area contributed by atoms with Gasteiger partial charge in [0.15, 0.2) is 0 Å². The summed E-state index contributed by atoms with van der Waals surface area (Å²) in [6.45, 7) is 4.67. The summed E-state index contributed by atoms with van der Waals surface area (Å²) in [6.07, 6.45) is 9.32. The van der Waals surface area contributed by atoms with E-state index in [9.17, 15) is 10.2 Å². The lowest BCUT2D eigenvalue weighted by Gasteiger charge is -2.63. The van der Waals surface area contributed by atoms with E-state index in [2.05, 4.69) is 13.8 Å². The van der Waals surface area contributed by atoms with Crippen LogP contribution in [0.5, 0.6) is 0 Å². The van der Waals surface area contributed by atoms with E-state index >= 15 is 0 Å². The minimum Gasteiger partial charge on any atom is -0.393 e. The highest BCUT2D eigenvalue weighted by atomic mass is 35.5. The van der Waals surface area contributed by atoms with E-state index in [0.29, 0.717) is 17.8 Å². The van der Waals surface area contributed by atoms with Crippen LogP contribution in [-0.4, -0.2) is 27.3 Å². The molecule has 2 nitrogen and oxygen atoms in total. The number of rotatable bonds is 0. The minimum atomic E-state index is -0.552. The molecule has 4 saturated carbocycles. The maximum Gasteiger partial charge on any atom is 0.0718 e. The highest BCUT2D eigenvalue weighted by molar-refractivity contribution is 6.20. The van der Waals surface area contributed by atoms with Gasteiger partial charge in [0.1, 0.15) is 0 Å². The third-order valence-corrected chi connectivity index (χ3v) is 9.07. The first-order chi connectivity index (χ1) is 10.3. The van der Waals surface area contributed by atoms with Crippen LogP contribution in [0.2, 0.25) is 0 Å². The summed E-state index contributed by atoms with van der Waals surface area (Å²) in [6, 6.07) is 0. The molecule has 0 aromatic carbocycles. The number of halogens is 1. The highest BCUT2D eigenvalue weighted by Gasteiger charge is 2.64. The summed E-state index contributed by atoms with van der Waals surface area (Å²) < 4.78 is 0. The van der Waals surface area contributed by atoms with Crippen LogP contribution >= 0.6 is 11.6 Å². The molecule has 0 aliphatic heterocycles. The molecule has 0 spiro atoms. The molecule has 0 amide bonds. The molecule has 0 saturated heterocycles. The van der Waals surface area contributed by atoms with Crippen LogP contribution in [0, 0.1) is 28.6 Å². The molecule has 2 N–H and O–H groups in total. The van der Waals surface area contributed by atoms with E-state index in [4.69, 9.17) is 11.6 Å². The van der Waals surface area contributed by atoms with Gasteiger partial charge in [-0.2, -0.15) is 0 Å². The number of hydrogen-bond acceptors (Lipinski definition) is 2. The second-order valence-corrected chi connectivity index (χ2v) is 9.96. The lowest BCUT2D eigenvalue weighted by molar-refractivity contribution is -0.205. The predicted molar refractivity (Wildman–Crippen MR) is 88.8 cm³/mol. The zero-order valence-electron chi connectivity index (χ0n) is 14.0. The van der Waals surface area contributed by atoms with Crippen LogP contribution < -0.4 is 0 Å². The average Bonchev–Trinajstić information content (AvgIpc) is 2.76. The fraction of sp³-hybridized carbons (Fsp3) is 1.00. The molecule has 4 fully saturated rings. The lowest BCUT2D eigenvalue weighted by Crippen LogP contribution is -2.62. The molecule has 0 aromatic heterocycles. The molecule has 0 heterocycles. The third kappa shape index (κ3) is 1.87. The Balaban J connectivity index is 1.67. The van der Waals surface area contributed by atoms with Crippen molar-refractivity contribution < 1.29 is 10.2 Å². The fourth-order valence-electron chi connectivity index (χ4n) is 7.17. The van der Waals surface area contributed by atoms with Crippen LogP contribution in [-0.2, 0) is 0 Å². The lowest BCUT2D eigenvalue weighted by atomic mass is 9.44. The van der Waals surface area contributed by atoms with Crippen LogP contribution in [0.4, 0.5) is 0 Å². The SMILES string of the molecule is CC12CCC3C(CCC4(O)CC(Cl)CCC34C)C1CC[C@@H]2O. The Hall–Kier alpha value is 0.210. The summed E-state index contributed by atoms with van der Waals surface area (Å²) in [5, 5.41) is 22.0. The fourth-order valence-corrected chi connectivity index (χ4v) is 7.53. The van der Waals surface area contributed by atoms with Crippen molar-refractivity contribution in [2.75, 3.05) is 0 Å². The molecular weight excluding hydrogens is 296 g/mol. The van der Waals surface area contributed by atoms with Crippen LogP contribution in [0.15, 0.2) is 0 Å². The number of aliphatic hydroxyl groups excluding tert-OH is 1. The van der Waals surface area contributed by atoms with Gasteiger partial charge in [-0.1, -0.05) is 13.8 Å². The van der Waals surface area contributed by atoms with Crippen molar-refractivity contribution in [1.82, 2.24) is 0 Å². The highest BCUT2D eigenvalue weighted by Crippen LogP contribution is 2.67. The topological polar surface area (TPSA) is 40.5 Å². The van der Waals surface area contributed by atoms with E-state index in [0.717, 1.165) is 44.9 Å². The van der Waals surface area contributed by atoms with Gasteiger partial charge in [0.2, 0.25) is 0 Å². The molecule has 22 heavy (non-hydrogen) atoms. The Morgan fingerprint density at radius 3 is 2.45 bits per heavy atom. The minimum absolute atomic E-state index is 0.0379. The zero-order valence-corrected chi connectivity index (χ0v) is 14.8. The van der Waals surface area contributed by atoms with Crippen molar-refractivity contribution >= 4 is 11.6 Å². The molecule has 7 unspecified atom stereocenters. The van der Waals surface area contributed by atoms with Gasteiger partial charge in [-0.05, 0) is 86.4 Å². The first-order valence-electron chi connectivity index (χ1n) is 9.35.